The van der Waals surface area contributed by atoms with Gasteiger partial charge in [-0.2, -0.15) is 0 Å². The van der Waals surface area contributed by atoms with Crippen LogP contribution in [0, 0.1) is 0 Å². The average molecular weight is 279 g/mol. The lowest BCUT2D eigenvalue weighted by Crippen LogP contribution is -1.99. The molecule has 1 N–H and O–H groups in total. The minimum absolute atomic E-state index is 0.845. The molecule has 0 radical (unpaired) electrons. The lowest BCUT2D eigenvalue weighted by molar-refractivity contribution is 1.10. The Bertz CT molecular complexity index is 723. The van der Waals surface area contributed by atoms with Crippen LogP contribution in [0.4, 0.5) is 5.69 Å². The van der Waals surface area contributed by atoms with Crippen molar-refractivity contribution in [1.29, 1.82) is 0 Å². The van der Waals surface area contributed by atoms with Gasteiger partial charge < -0.3 is 5.32 Å². The second-order valence-electron chi connectivity index (χ2n) is 5.54. The standard InChI is InChI=1S/C18H17NS/c1-3-14(15-5-6-15)4-2-13(1)12-19-17-7-8-18-16(11-17)9-10-20-18/h1-4,7-11,15,19H,5-6,12H2. The summed E-state index contributed by atoms with van der Waals surface area (Å²) in [5.41, 5.74) is 4.05. The van der Waals surface area contributed by atoms with Gasteiger partial charge in [0.05, 0.1) is 0 Å². The number of benzene rings is 2. The van der Waals surface area contributed by atoms with Crippen LogP contribution in [0.3, 0.4) is 0 Å². The van der Waals surface area contributed by atoms with E-state index in [-0.39, 0.29) is 0 Å². The van der Waals surface area contributed by atoms with E-state index in [4.69, 9.17) is 0 Å². The van der Waals surface area contributed by atoms with Crippen LogP contribution in [0.25, 0.3) is 10.1 Å². The summed E-state index contributed by atoms with van der Waals surface area (Å²) in [4.78, 5) is 0. The van der Waals surface area contributed by atoms with E-state index < -0.39 is 0 Å². The predicted octanol–water partition coefficient (Wildman–Crippen LogP) is 5.39. The van der Waals surface area contributed by atoms with Crippen LogP contribution in [0.5, 0.6) is 0 Å². The van der Waals surface area contributed by atoms with E-state index in [0.29, 0.717) is 0 Å². The van der Waals surface area contributed by atoms with E-state index in [9.17, 15) is 0 Å². The van der Waals surface area contributed by atoms with Crippen molar-refractivity contribution in [2.75, 3.05) is 5.32 Å². The Morgan fingerprint density at radius 1 is 1.00 bits per heavy atom. The molecule has 0 unspecified atom stereocenters. The van der Waals surface area contributed by atoms with Gasteiger partial charge in [-0.05, 0) is 64.9 Å². The highest BCUT2D eigenvalue weighted by atomic mass is 32.1. The largest absolute Gasteiger partial charge is 0.381 e. The van der Waals surface area contributed by atoms with Crippen LogP contribution in [-0.4, -0.2) is 0 Å². The molecule has 1 aliphatic carbocycles. The van der Waals surface area contributed by atoms with Crippen molar-refractivity contribution in [1.82, 2.24) is 0 Å². The third-order valence-corrected chi connectivity index (χ3v) is 4.88. The van der Waals surface area contributed by atoms with Crippen LogP contribution in [0.15, 0.2) is 53.9 Å². The molecule has 1 aliphatic rings. The zero-order chi connectivity index (χ0) is 13.4. The minimum atomic E-state index is 0.845. The summed E-state index contributed by atoms with van der Waals surface area (Å²) < 4.78 is 1.35. The Labute approximate surface area is 123 Å². The highest BCUT2D eigenvalue weighted by Crippen LogP contribution is 2.39. The Balaban J connectivity index is 1.45. The number of hydrogen-bond acceptors (Lipinski definition) is 2. The summed E-state index contributed by atoms with van der Waals surface area (Å²) in [6.45, 7) is 0.889. The number of rotatable bonds is 4. The Hall–Kier alpha value is -1.80. The third kappa shape index (κ3) is 2.44. The number of hydrogen-bond donors (Lipinski definition) is 1. The van der Waals surface area contributed by atoms with Gasteiger partial charge in [0.15, 0.2) is 0 Å². The minimum Gasteiger partial charge on any atom is -0.381 e. The maximum absolute atomic E-state index is 3.51. The normalized spacial score (nSPS) is 14.6. The van der Waals surface area contributed by atoms with Crippen LogP contribution in [0.2, 0.25) is 0 Å². The molecule has 1 fully saturated rings. The summed E-state index contributed by atoms with van der Waals surface area (Å²) >= 11 is 1.79. The summed E-state index contributed by atoms with van der Waals surface area (Å²) in [5, 5.41) is 6.98. The molecule has 0 spiro atoms. The molecular formula is C18H17NS. The van der Waals surface area contributed by atoms with Crippen molar-refractivity contribution < 1.29 is 0 Å². The number of fused-ring (bicyclic) bond motifs is 1. The number of anilines is 1. The Morgan fingerprint density at radius 2 is 1.85 bits per heavy atom. The molecule has 4 rings (SSSR count). The molecule has 1 heterocycles. The summed E-state index contributed by atoms with van der Waals surface area (Å²) in [5.74, 6) is 0.845. The first-order valence-corrected chi connectivity index (χ1v) is 8.06. The van der Waals surface area contributed by atoms with Gasteiger partial charge in [0.25, 0.3) is 0 Å². The van der Waals surface area contributed by atoms with Crippen molar-refractivity contribution >= 4 is 27.1 Å². The molecule has 0 atom stereocenters. The Kier molecular flexibility index (Phi) is 2.96. The lowest BCUT2D eigenvalue weighted by Gasteiger charge is -2.07. The fourth-order valence-electron chi connectivity index (χ4n) is 2.61. The SMILES string of the molecule is c1cc2cc(NCc3ccc(C4CC4)cc3)ccc2s1. The quantitative estimate of drug-likeness (QED) is 0.675. The van der Waals surface area contributed by atoms with E-state index in [1.807, 2.05) is 0 Å². The van der Waals surface area contributed by atoms with Gasteiger partial charge in [0.2, 0.25) is 0 Å². The fraction of sp³-hybridized carbons (Fsp3) is 0.222. The van der Waals surface area contributed by atoms with Gasteiger partial charge in [-0.1, -0.05) is 24.3 Å². The Morgan fingerprint density at radius 3 is 2.65 bits per heavy atom. The van der Waals surface area contributed by atoms with E-state index in [1.165, 1.54) is 39.7 Å². The molecule has 3 aromatic rings. The van der Waals surface area contributed by atoms with Crippen molar-refractivity contribution in [3.8, 4) is 0 Å². The molecule has 2 heteroatoms. The van der Waals surface area contributed by atoms with Gasteiger partial charge in [-0.3, -0.25) is 0 Å². The second-order valence-corrected chi connectivity index (χ2v) is 6.49. The highest BCUT2D eigenvalue weighted by molar-refractivity contribution is 7.17. The molecule has 100 valence electrons. The fourth-order valence-corrected chi connectivity index (χ4v) is 3.38. The van der Waals surface area contributed by atoms with Gasteiger partial charge >= 0.3 is 0 Å². The zero-order valence-electron chi connectivity index (χ0n) is 11.3. The molecule has 0 saturated heterocycles. The van der Waals surface area contributed by atoms with Gasteiger partial charge in [-0.25, -0.2) is 0 Å². The molecule has 2 aromatic carbocycles. The second kappa shape index (κ2) is 4.95. The first-order chi connectivity index (χ1) is 9.88. The molecule has 1 saturated carbocycles. The van der Waals surface area contributed by atoms with E-state index in [2.05, 4.69) is 59.2 Å². The topological polar surface area (TPSA) is 12.0 Å². The summed E-state index contributed by atoms with van der Waals surface area (Å²) in [6, 6.07) is 17.8. The smallest absolute Gasteiger partial charge is 0.0400 e. The monoisotopic (exact) mass is 279 g/mol. The van der Waals surface area contributed by atoms with Gasteiger partial charge in [0, 0.05) is 16.9 Å². The van der Waals surface area contributed by atoms with Crippen LogP contribution in [0.1, 0.15) is 29.9 Å². The molecule has 1 aromatic heterocycles. The number of nitrogens with one attached hydrogen (secondary N) is 1. The summed E-state index contributed by atoms with van der Waals surface area (Å²) in [6.07, 6.45) is 2.75. The van der Waals surface area contributed by atoms with E-state index in [1.54, 1.807) is 11.3 Å². The van der Waals surface area contributed by atoms with E-state index >= 15 is 0 Å². The lowest BCUT2D eigenvalue weighted by atomic mass is 10.1. The molecular weight excluding hydrogens is 262 g/mol. The summed E-state index contributed by atoms with van der Waals surface area (Å²) in [7, 11) is 0. The van der Waals surface area contributed by atoms with Crippen LogP contribution >= 0.6 is 11.3 Å². The zero-order valence-corrected chi connectivity index (χ0v) is 12.1. The predicted molar refractivity (Wildman–Crippen MR) is 87.6 cm³/mol. The first kappa shape index (κ1) is 12.0. The molecule has 0 bridgehead atoms. The van der Waals surface area contributed by atoms with Gasteiger partial charge in [0.1, 0.15) is 0 Å². The highest BCUT2D eigenvalue weighted by Gasteiger charge is 2.22. The van der Waals surface area contributed by atoms with Crippen molar-refractivity contribution in [2.45, 2.75) is 25.3 Å². The van der Waals surface area contributed by atoms with Gasteiger partial charge in [-0.15, -0.1) is 11.3 Å². The van der Waals surface area contributed by atoms with Crippen molar-refractivity contribution in [3.63, 3.8) is 0 Å². The maximum atomic E-state index is 3.51. The average Bonchev–Trinajstić information content (AvgIpc) is 3.23. The molecule has 0 amide bonds. The third-order valence-electron chi connectivity index (χ3n) is 3.98. The molecule has 0 aliphatic heterocycles. The van der Waals surface area contributed by atoms with Crippen LogP contribution in [-0.2, 0) is 6.54 Å². The number of thiophene rings is 1. The van der Waals surface area contributed by atoms with Crippen LogP contribution < -0.4 is 5.32 Å². The van der Waals surface area contributed by atoms with E-state index in [0.717, 1.165) is 12.5 Å². The van der Waals surface area contributed by atoms with Crippen molar-refractivity contribution in [3.05, 3.63) is 65.0 Å². The van der Waals surface area contributed by atoms with Crippen molar-refractivity contribution in [2.24, 2.45) is 0 Å². The maximum Gasteiger partial charge on any atom is 0.0400 e. The first-order valence-electron chi connectivity index (χ1n) is 7.18. The molecule has 1 nitrogen and oxygen atoms in total. The molecule has 20 heavy (non-hydrogen) atoms.